The van der Waals surface area contributed by atoms with Gasteiger partial charge in [-0.3, -0.25) is 14.4 Å². The van der Waals surface area contributed by atoms with Crippen molar-refractivity contribution < 1.29 is 19.5 Å². The van der Waals surface area contributed by atoms with E-state index in [0.717, 1.165) is 0 Å². The molecule has 0 bridgehead atoms. The van der Waals surface area contributed by atoms with E-state index in [2.05, 4.69) is 10.6 Å². The normalized spacial score (nSPS) is 11.4. The molecule has 0 aliphatic heterocycles. The Bertz CT molecular complexity index is 485. The summed E-state index contributed by atoms with van der Waals surface area (Å²) in [5, 5.41) is 13.6. The first kappa shape index (κ1) is 13.7. The minimum Gasteiger partial charge on any atom is -0.481 e. The Balaban J connectivity index is 2.82. The van der Waals surface area contributed by atoms with Gasteiger partial charge in [-0.25, -0.2) is 0 Å². The molecule has 1 rings (SSSR count). The van der Waals surface area contributed by atoms with E-state index >= 15 is 0 Å². The maximum atomic E-state index is 11.5. The molecule has 6 heteroatoms. The molecule has 0 saturated carbocycles. The number of nitrogens with one attached hydrogen (secondary N) is 2. The zero-order valence-corrected chi connectivity index (χ0v) is 10.1. The Morgan fingerprint density at radius 1 is 1.28 bits per heavy atom. The molecule has 18 heavy (non-hydrogen) atoms. The van der Waals surface area contributed by atoms with Crippen LogP contribution in [0.5, 0.6) is 0 Å². The van der Waals surface area contributed by atoms with Gasteiger partial charge in [0, 0.05) is 18.3 Å². The van der Waals surface area contributed by atoms with Gasteiger partial charge in [-0.1, -0.05) is 6.07 Å². The molecule has 0 aliphatic carbocycles. The van der Waals surface area contributed by atoms with E-state index in [0.29, 0.717) is 11.3 Å². The van der Waals surface area contributed by atoms with Crippen molar-refractivity contribution in [2.75, 3.05) is 12.4 Å². The second kappa shape index (κ2) is 5.81. The summed E-state index contributed by atoms with van der Waals surface area (Å²) in [6, 6.07) is 6.25. The number of carbonyl (C=O) groups excluding carboxylic acids is 2. The van der Waals surface area contributed by atoms with Crippen LogP contribution in [0.25, 0.3) is 0 Å². The van der Waals surface area contributed by atoms with Gasteiger partial charge >= 0.3 is 5.97 Å². The highest BCUT2D eigenvalue weighted by molar-refractivity contribution is 6.04. The largest absolute Gasteiger partial charge is 0.481 e. The standard InChI is InChI=1S/C12H14N2O4/c1-7(12(17)18)10(15)14-9-5-3-4-8(6-9)11(16)13-2/h3-7H,1-2H3,(H,13,16)(H,14,15)(H,17,18). The maximum Gasteiger partial charge on any atom is 0.315 e. The van der Waals surface area contributed by atoms with Gasteiger partial charge in [0.15, 0.2) is 0 Å². The lowest BCUT2D eigenvalue weighted by Crippen LogP contribution is -2.27. The number of aliphatic carboxylic acids is 1. The predicted molar refractivity (Wildman–Crippen MR) is 65.3 cm³/mol. The topological polar surface area (TPSA) is 95.5 Å². The van der Waals surface area contributed by atoms with Gasteiger partial charge in [0.1, 0.15) is 5.92 Å². The van der Waals surface area contributed by atoms with Crippen molar-refractivity contribution in [2.45, 2.75) is 6.92 Å². The van der Waals surface area contributed by atoms with E-state index in [-0.39, 0.29) is 5.91 Å². The number of hydrogen-bond acceptors (Lipinski definition) is 3. The minimum atomic E-state index is -1.20. The van der Waals surface area contributed by atoms with Crippen molar-refractivity contribution in [1.29, 1.82) is 0 Å². The first-order chi connectivity index (χ1) is 8.45. The summed E-state index contributed by atoms with van der Waals surface area (Å²) in [5.41, 5.74) is 0.771. The van der Waals surface area contributed by atoms with Crippen LogP contribution in [0.4, 0.5) is 5.69 Å². The highest BCUT2D eigenvalue weighted by Gasteiger charge is 2.20. The van der Waals surface area contributed by atoms with Crippen LogP contribution in [0.3, 0.4) is 0 Å². The molecule has 0 aromatic heterocycles. The van der Waals surface area contributed by atoms with E-state index in [1.165, 1.54) is 20.0 Å². The number of hydrogen-bond donors (Lipinski definition) is 3. The number of benzene rings is 1. The highest BCUT2D eigenvalue weighted by atomic mass is 16.4. The summed E-state index contributed by atoms with van der Waals surface area (Å²) in [6.07, 6.45) is 0. The van der Waals surface area contributed by atoms with Crippen LogP contribution in [0, 0.1) is 5.92 Å². The monoisotopic (exact) mass is 250 g/mol. The third-order valence-electron chi connectivity index (χ3n) is 2.38. The number of carboxylic acids is 1. The Morgan fingerprint density at radius 3 is 2.50 bits per heavy atom. The highest BCUT2D eigenvalue weighted by Crippen LogP contribution is 2.12. The van der Waals surface area contributed by atoms with Crippen molar-refractivity contribution in [3.05, 3.63) is 29.8 Å². The lowest BCUT2D eigenvalue weighted by molar-refractivity contribution is -0.144. The molecule has 1 aromatic rings. The molecule has 0 spiro atoms. The Morgan fingerprint density at radius 2 is 1.94 bits per heavy atom. The Hall–Kier alpha value is -2.37. The number of rotatable bonds is 4. The lowest BCUT2D eigenvalue weighted by atomic mass is 10.1. The van der Waals surface area contributed by atoms with Gasteiger partial charge in [-0.2, -0.15) is 0 Å². The molecule has 0 radical (unpaired) electrons. The van der Waals surface area contributed by atoms with Gasteiger partial charge < -0.3 is 15.7 Å². The second-order valence-corrected chi connectivity index (χ2v) is 3.71. The first-order valence-corrected chi connectivity index (χ1v) is 5.31. The molecule has 3 N–H and O–H groups in total. The SMILES string of the molecule is CNC(=O)c1cccc(NC(=O)C(C)C(=O)O)c1. The van der Waals surface area contributed by atoms with Crippen LogP contribution in [-0.2, 0) is 9.59 Å². The lowest BCUT2D eigenvalue weighted by Gasteiger charge is -2.09. The van der Waals surface area contributed by atoms with E-state index in [4.69, 9.17) is 5.11 Å². The fourth-order valence-electron chi connectivity index (χ4n) is 1.25. The minimum absolute atomic E-state index is 0.280. The van der Waals surface area contributed by atoms with Gasteiger partial charge in [0.25, 0.3) is 5.91 Å². The smallest absolute Gasteiger partial charge is 0.315 e. The molecule has 96 valence electrons. The number of anilines is 1. The van der Waals surface area contributed by atoms with Crippen LogP contribution >= 0.6 is 0 Å². The average molecular weight is 250 g/mol. The number of carboxylic acid groups (broad SMARTS) is 1. The van der Waals surface area contributed by atoms with Crippen LogP contribution in [-0.4, -0.2) is 29.9 Å². The number of amides is 2. The molecule has 2 amide bonds. The summed E-state index contributed by atoms with van der Waals surface area (Å²) in [4.78, 5) is 33.5. The maximum absolute atomic E-state index is 11.5. The van der Waals surface area contributed by atoms with Crippen LogP contribution < -0.4 is 10.6 Å². The molecular weight excluding hydrogens is 236 g/mol. The van der Waals surface area contributed by atoms with Crippen LogP contribution in [0.1, 0.15) is 17.3 Å². The summed E-state index contributed by atoms with van der Waals surface area (Å²) in [7, 11) is 1.50. The van der Waals surface area contributed by atoms with Crippen molar-refractivity contribution in [3.8, 4) is 0 Å². The van der Waals surface area contributed by atoms with Gasteiger partial charge in [-0.15, -0.1) is 0 Å². The van der Waals surface area contributed by atoms with E-state index in [9.17, 15) is 14.4 Å². The fraction of sp³-hybridized carbons (Fsp3) is 0.250. The number of carbonyl (C=O) groups is 3. The summed E-state index contributed by atoms with van der Waals surface area (Å²) >= 11 is 0. The third-order valence-corrected chi connectivity index (χ3v) is 2.38. The van der Waals surface area contributed by atoms with E-state index < -0.39 is 17.8 Å². The molecule has 1 atom stereocenters. The zero-order chi connectivity index (χ0) is 13.7. The van der Waals surface area contributed by atoms with Crippen LogP contribution in [0.2, 0.25) is 0 Å². The summed E-state index contributed by atoms with van der Waals surface area (Å²) in [6.45, 7) is 1.29. The van der Waals surface area contributed by atoms with E-state index in [1.807, 2.05) is 0 Å². The molecule has 0 heterocycles. The average Bonchev–Trinajstić information content (AvgIpc) is 2.36. The summed E-state index contributed by atoms with van der Waals surface area (Å²) in [5.74, 6) is -3.25. The third kappa shape index (κ3) is 3.31. The van der Waals surface area contributed by atoms with E-state index in [1.54, 1.807) is 18.2 Å². The molecule has 6 nitrogen and oxygen atoms in total. The zero-order valence-electron chi connectivity index (χ0n) is 10.1. The molecule has 0 aliphatic rings. The Labute approximate surface area is 104 Å². The molecule has 1 unspecified atom stereocenters. The quantitative estimate of drug-likeness (QED) is 0.685. The molecule has 0 fully saturated rings. The van der Waals surface area contributed by atoms with Crippen LogP contribution in [0.15, 0.2) is 24.3 Å². The molecule has 1 aromatic carbocycles. The van der Waals surface area contributed by atoms with Gasteiger partial charge in [0.2, 0.25) is 5.91 Å². The van der Waals surface area contributed by atoms with Crippen molar-refractivity contribution in [1.82, 2.24) is 5.32 Å². The van der Waals surface area contributed by atoms with Gasteiger partial charge in [-0.05, 0) is 25.1 Å². The van der Waals surface area contributed by atoms with Crippen molar-refractivity contribution in [3.63, 3.8) is 0 Å². The molecular formula is C12H14N2O4. The first-order valence-electron chi connectivity index (χ1n) is 5.31. The van der Waals surface area contributed by atoms with Crippen molar-refractivity contribution in [2.24, 2.45) is 5.92 Å². The molecule has 0 saturated heterocycles. The van der Waals surface area contributed by atoms with Crippen molar-refractivity contribution >= 4 is 23.5 Å². The summed E-state index contributed by atoms with van der Waals surface area (Å²) < 4.78 is 0. The second-order valence-electron chi connectivity index (χ2n) is 3.71. The fourth-order valence-corrected chi connectivity index (χ4v) is 1.25. The Kier molecular flexibility index (Phi) is 4.42. The van der Waals surface area contributed by atoms with Gasteiger partial charge in [0.05, 0.1) is 0 Å². The predicted octanol–water partition coefficient (Wildman–Crippen LogP) is 0.705.